The van der Waals surface area contributed by atoms with Crippen LogP contribution in [0.15, 0.2) is 12.1 Å². The third-order valence-electron chi connectivity index (χ3n) is 3.60. The van der Waals surface area contributed by atoms with Crippen LogP contribution in [0.4, 0.5) is 0 Å². The largest absolute Gasteiger partial charge is 0.478 e. The molecule has 6 heteroatoms. The first-order valence-corrected chi connectivity index (χ1v) is 6.96. The molecule has 0 unspecified atom stereocenters. The maximum absolute atomic E-state index is 11.7. The summed E-state index contributed by atoms with van der Waals surface area (Å²) in [6.45, 7) is 1.41. The van der Waals surface area contributed by atoms with Gasteiger partial charge in [-0.15, -0.1) is 0 Å². The lowest BCUT2D eigenvalue weighted by atomic mass is 9.96. The molecule has 4 nitrogen and oxygen atoms in total. The van der Waals surface area contributed by atoms with E-state index in [4.69, 9.17) is 23.2 Å². The minimum absolute atomic E-state index is 0.226. The molecule has 0 fully saturated rings. The minimum Gasteiger partial charge on any atom is -0.478 e. The van der Waals surface area contributed by atoms with Gasteiger partial charge in [0.05, 0.1) is 21.1 Å². The summed E-state index contributed by atoms with van der Waals surface area (Å²) in [5.74, 6) is -0.992. The van der Waals surface area contributed by atoms with Gasteiger partial charge < -0.3 is 10.0 Å². The predicted octanol–water partition coefficient (Wildman–Crippen LogP) is 3.23. The molecule has 1 aromatic carbocycles. The van der Waals surface area contributed by atoms with Crippen LogP contribution < -0.4 is 0 Å². The van der Waals surface area contributed by atoms with Crippen molar-refractivity contribution in [2.45, 2.75) is 13.0 Å². The van der Waals surface area contributed by atoms with Crippen molar-refractivity contribution >= 4 is 40.1 Å². The number of aromatic carboxylic acids is 1. The number of nitrogens with zero attached hydrogens (tertiary/aromatic N) is 2. The molecule has 0 spiro atoms. The van der Waals surface area contributed by atoms with Gasteiger partial charge in [-0.2, -0.15) is 0 Å². The van der Waals surface area contributed by atoms with Gasteiger partial charge in [-0.25, -0.2) is 4.79 Å². The summed E-state index contributed by atoms with van der Waals surface area (Å²) >= 11 is 12.3. The maximum Gasteiger partial charge on any atom is 0.336 e. The first-order chi connectivity index (χ1) is 9.49. The van der Waals surface area contributed by atoms with Gasteiger partial charge in [0, 0.05) is 36.2 Å². The highest BCUT2D eigenvalue weighted by atomic mass is 35.5. The normalized spacial score (nSPS) is 15.3. The quantitative estimate of drug-likeness (QED) is 0.878. The van der Waals surface area contributed by atoms with Crippen molar-refractivity contribution in [3.63, 3.8) is 0 Å². The standard InChI is InChI=1S/C14H12Cl2N2O2/c1-18-5-4-10-7(6-18)11(14(19)20)12-8(15)2-3-9(16)13(12)17-10/h2-3H,4-6H2,1H3,(H,19,20). The van der Waals surface area contributed by atoms with Crippen LogP contribution >= 0.6 is 23.2 Å². The summed E-state index contributed by atoms with van der Waals surface area (Å²) in [5, 5.41) is 10.8. The van der Waals surface area contributed by atoms with Crippen molar-refractivity contribution in [1.29, 1.82) is 0 Å². The van der Waals surface area contributed by atoms with Crippen LogP contribution in [0, 0.1) is 0 Å². The molecule has 1 N–H and O–H groups in total. The van der Waals surface area contributed by atoms with E-state index >= 15 is 0 Å². The van der Waals surface area contributed by atoms with E-state index in [-0.39, 0.29) is 5.56 Å². The average Bonchev–Trinajstić information content (AvgIpc) is 2.40. The van der Waals surface area contributed by atoms with Crippen molar-refractivity contribution in [2.24, 2.45) is 0 Å². The summed E-state index contributed by atoms with van der Waals surface area (Å²) in [7, 11) is 1.96. The molecular weight excluding hydrogens is 299 g/mol. The molecular formula is C14H12Cl2N2O2. The second-order valence-corrected chi connectivity index (χ2v) is 5.77. The minimum atomic E-state index is -0.992. The lowest BCUT2D eigenvalue weighted by molar-refractivity contribution is 0.0696. The lowest BCUT2D eigenvalue weighted by Crippen LogP contribution is -2.29. The van der Waals surface area contributed by atoms with E-state index in [9.17, 15) is 9.90 Å². The van der Waals surface area contributed by atoms with Crippen LogP contribution in [0.2, 0.25) is 10.0 Å². The number of pyridine rings is 1. The van der Waals surface area contributed by atoms with Crippen LogP contribution in [0.25, 0.3) is 10.9 Å². The van der Waals surface area contributed by atoms with Crippen molar-refractivity contribution in [1.82, 2.24) is 9.88 Å². The molecule has 1 aliphatic heterocycles. The van der Waals surface area contributed by atoms with E-state index in [2.05, 4.69) is 9.88 Å². The number of fused-ring (bicyclic) bond motifs is 2. The Labute approximate surface area is 125 Å². The van der Waals surface area contributed by atoms with Crippen LogP contribution in [-0.4, -0.2) is 34.6 Å². The van der Waals surface area contributed by atoms with Crippen LogP contribution in [0.1, 0.15) is 21.6 Å². The number of rotatable bonds is 1. The van der Waals surface area contributed by atoms with Gasteiger partial charge in [-0.1, -0.05) is 23.2 Å². The van der Waals surface area contributed by atoms with Gasteiger partial charge in [0.25, 0.3) is 0 Å². The summed E-state index contributed by atoms with van der Waals surface area (Å²) < 4.78 is 0. The SMILES string of the molecule is CN1CCc2nc3c(Cl)ccc(Cl)c3c(C(=O)O)c2C1. The number of benzene rings is 1. The zero-order chi connectivity index (χ0) is 14.4. The van der Waals surface area contributed by atoms with Crippen molar-refractivity contribution in [2.75, 3.05) is 13.6 Å². The second-order valence-electron chi connectivity index (χ2n) is 4.96. The Morgan fingerprint density at radius 1 is 1.35 bits per heavy atom. The third-order valence-corrected chi connectivity index (χ3v) is 4.22. The molecule has 20 heavy (non-hydrogen) atoms. The summed E-state index contributed by atoms with van der Waals surface area (Å²) in [5.41, 5.74) is 2.24. The van der Waals surface area contributed by atoms with Gasteiger partial charge in [-0.3, -0.25) is 4.98 Å². The fourth-order valence-corrected chi connectivity index (χ4v) is 3.09. The Kier molecular flexibility index (Phi) is 3.32. The number of hydrogen-bond acceptors (Lipinski definition) is 3. The molecule has 1 aliphatic rings. The van der Waals surface area contributed by atoms with Gasteiger partial charge in [0.1, 0.15) is 0 Å². The molecule has 0 saturated carbocycles. The van der Waals surface area contributed by atoms with E-state index in [1.54, 1.807) is 12.1 Å². The van der Waals surface area contributed by atoms with Gasteiger partial charge in [0.15, 0.2) is 0 Å². The van der Waals surface area contributed by atoms with E-state index in [1.807, 2.05) is 7.05 Å². The molecule has 3 rings (SSSR count). The number of halogens is 2. The molecule has 2 heterocycles. The fourth-order valence-electron chi connectivity index (χ4n) is 2.64. The number of likely N-dealkylation sites (N-methyl/N-ethyl adjacent to an activating group) is 1. The topological polar surface area (TPSA) is 53.4 Å². The summed E-state index contributed by atoms with van der Waals surface area (Å²) in [6.07, 6.45) is 0.713. The Hall–Kier alpha value is -1.36. The number of carboxylic acids is 1. The van der Waals surface area contributed by atoms with Gasteiger partial charge in [0.2, 0.25) is 0 Å². The summed E-state index contributed by atoms with van der Waals surface area (Å²) in [4.78, 5) is 18.3. The first kappa shape index (κ1) is 13.6. The molecule has 1 aromatic heterocycles. The third kappa shape index (κ3) is 2.04. The first-order valence-electron chi connectivity index (χ1n) is 6.20. The van der Waals surface area contributed by atoms with E-state index in [0.717, 1.165) is 17.8 Å². The Bertz CT molecular complexity index is 731. The van der Waals surface area contributed by atoms with Crippen LogP contribution in [-0.2, 0) is 13.0 Å². The molecule has 0 aliphatic carbocycles. The Morgan fingerprint density at radius 2 is 2.05 bits per heavy atom. The number of hydrogen-bond donors (Lipinski definition) is 1. The van der Waals surface area contributed by atoms with Crippen molar-refractivity contribution in [3.05, 3.63) is 39.0 Å². The molecule has 104 valence electrons. The highest BCUT2D eigenvalue weighted by molar-refractivity contribution is 6.41. The molecule has 0 amide bonds. The van der Waals surface area contributed by atoms with Gasteiger partial charge >= 0.3 is 5.97 Å². The molecule has 0 saturated heterocycles. The lowest BCUT2D eigenvalue weighted by Gasteiger charge is -2.26. The average molecular weight is 311 g/mol. The smallest absolute Gasteiger partial charge is 0.336 e. The van der Waals surface area contributed by atoms with Crippen molar-refractivity contribution in [3.8, 4) is 0 Å². The zero-order valence-electron chi connectivity index (χ0n) is 10.8. The Morgan fingerprint density at radius 3 is 2.75 bits per heavy atom. The predicted molar refractivity (Wildman–Crippen MR) is 78.8 cm³/mol. The number of carboxylic acid groups (broad SMARTS) is 1. The van der Waals surface area contributed by atoms with Crippen molar-refractivity contribution < 1.29 is 9.90 Å². The molecule has 0 radical (unpaired) electrons. The highest BCUT2D eigenvalue weighted by Gasteiger charge is 2.26. The van der Waals surface area contributed by atoms with Crippen LogP contribution in [0.5, 0.6) is 0 Å². The zero-order valence-corrected chi connectivity index (χ0v) is 12.3. The maximum atomic E-state index is 11.7. The number of aromatic nitrogens is 1. The fraction of sp³-hybridized carbons (Fsp3) is 0.286. The van der Waals surface area contributed by atoms with E-state index in [0.29, 0.717) is 33.9 Å². The molecule has 0 bridgehead atoms. The highest BCUT2D eigenvalue weighted by Crippen LogP contribution is 2.35. The summed E-state index contributed by atoms with van der Waals surface area (Å²) in [6, 6.07) is 3.26. The van der Waals surface area contributed by atoms with Gasteiger partial charge in [-0.05, 0) is 19.2 Å². The monoisotopic (exact) mass is 310 g/mol. The molecule has 0 atom stereocenters. The van der Waals surface area contributed by atoms with Crippen LogP contribution in [0.3, 0.4) is 0 Å². The molecule has 2 aromatic rings. The van der Waals surface area contributed by atoms with E-state index in [1.165, 1.54) is 0 Å². The van der Waals surface area contributed by atoms with E-state index < -0.39 is 5.97 Å². The second kappa shape index (κ2) is 4.88. The Balaban J connectivity index is 2.46. The number of carbonyl (C=O) groups is 1.